The molecule has 0 unspecified atom stereocenters. The second-order valence-electron chi connectivity index (χ2n) is 8.22. The topological polar surface area (TPSA) is 68.5 Å². The molecule has 1 aliphatic carbocycles. The normalized spacial score (nSPS) is 16.2. The van der Waals surface area contributed by atoms with Crippen LogP contribution in [0.5, 0.6) is 0 Å². The van der Waals surface area contributed by atoms with Crippen LogP contribution in [0.1, 0.15) is 37.2 Å². The van der Waals surface area contributed by atoms with Crippen LogP contribution >= 0.6 is 11.6 Å². The van der Waals surface area contributed by atoms with Crippen LogP contribution in [0.25, 0.3) is 5.69 Å². The number of hydrogen-bond donors (Lipinski definition) is 1. The summed E-state index contributed by atoms with van der Waals surface area (Å²) in [7, 11) is 0. The summed E-state index contributed by atoms with van der Waals surface area (Å²) in [6.45, 7) is 6.31. The van der Waals surface area contributed by atoms with Gasteiger partial charge in [0.05, 0.1) is 22.8 Å². The third-order valence-electron chi connectivity index (χ3n) is 5.07. The molecule has 0 radical (unpaired) electrons. The molecule has 154 valence electrons. The lowest BCUT2D eigenvalue weighted by Crippen LogP contribution is -2.29. The number of rotatable bonds is 3. The minimum absolute atomic E-state index is 0.0408. The van der Waals surface area contributed by atoms with Gasteiger partial charge in [0.25, 0.3) is 0 Å². The number of nitrogens with one attached hydrogen (secondary N) is 1. The zero-order chi connectivity index (χ0) is 21.3. The smallest absolute Gasteiger partial charge is 0.297 e. The highest BCUT2D eigenvalue weighted by atomic mass is 35.5. The number of fused-ring (bicyclic) bond motifs is 1. The SMILES string of the molecule is Cc1nn(-c2ccccc2)c2c1/C(=N/OC(=O)Nc1ccc(Cl)cc1)CC(C)(C)C2. The van der Waals surface area contributed by atoms with E-state index in [2.05, 4.69) is 24.3 Å². The molecule has 0 spiro atoms. The molecule has 0 aliphatic heterocycles. The number of aromatic nitrogens is 2. The van der Waals surface area contributed by atoms with Crippen molar-refractivity contribution in [2.75, 3.05) is 5.32 Å². The van der Waals surface area contributed by atoms with Gasteiger partial charge in [-0.2, -0.15) is 5.10 Å². The standard InChI is InChI=1S/C23H23ClN4O2/c1-15-21-19(27-30-22(29)25-17-11-9-16(24)10-12-17)13-23(2,3)14-20(21)28(26-15)18-7-5-4-6-8-18/h4-12H,13-14H2,1-3H3,(H,25,29)/b27-19+. The number of benzene rings is 2. The van der Waals surface area contributed by atoms with Crippen LogP contribution in [0.2, 0.25) is 5.02 Å². The maximum atomic E-state index is 12.2. The molecule has 0 fully saturated rings. The third kappa shape index (κ3) is 4.24. The van der Waals surface area contributed by atoms with Gasteiger partial charge in [0, 0.05) is 16.3 Å². The summed E-state index contributed by atoms with van der Waals surface area (Å²) in [6, 6.07) is 16.8. The van der Waals surface area contributed by atoms with Crippen LogP contribution in [0.15, 0.2) is 59.8 Å². The molecule has 0 atom stereocenters. The van der Waals surface area contributed by atoms with E-state index in [0.717, 1.165) is 34.8 Å². The number of amides is 1. The Balaban J connectivity index is 1.62. The summed E-state index contributed by atoms with van der Waals surface area (Å²) in [5, 5.41) is 12.2. The molecular formula is C23H23ClN4O2. The summed E-state index contributed by atoms with van der Waals surface area (Å²) in [4.78, 5) is 17.4. The highest BCUT2D eigenvalue weighted by Crippen LogP contribution is 2.37. The summed E-state index contributed by atoms with van der Waals surface area (Å²) in [6.07, 6.45) is 0.895. The lowest BCUT2D eigenvalue weighted by molar-refractivity contribution is 0.165. The Kier molecular flexibility index (Phi) is 5.35. The van der Waals surface area contributed by atoms with E-state index in [9.17, 15) is 4.79 Å². The fourth-order valence-corrected chi connectivity index (χ4v) is 3.93. The number of halogens is 1. The van der Waals surface area contributed by atoms with E-state index in [4.69, 9.17) is 21.5 Å². The number of anilines is 1. The minimum Gasteiger partial charge on any atom is -0.297 e. The second kappa shape index (κ2) is 7.95. The zero-order valence-corrected chi connectivity index (χ0v) is 17.9. The molecule has 6 nitrogen and oxygen atoms in total. The number of hydrogen-bond acceptors (Lipinski definition) is 4. The average Bonchev–Trinajstić information content (AvgIpc) is 3.04. The Labute approximate surface area is 180 Å². The molecule has 1 aliphatic rings. The van der Waals surface area contributed by atoms with E-state index in [-0.39, 0.29) is 5.41 Å². The predicted molar refractivity (Wildman–Crippen MR) is 118 cm³/mol. The summed E-state index contributed by atoms with van der Waals surface area (Å²) < 4.78 is 1.97. The van der Waals surface area contributed by atoms with Crippen LogP contribution in [0.3, 0.4) is 0 Å². The first-order valence-electron chi connectivity index (χ1n) is 9.77. The maximum absolute atomic E-state index is 12.2. The molecule has 7 heteroatoms. The van der Waals surface area contributed by atoms with E-state index >= 15 is 0 Å². The molecule has 0 bridgehead atoms. The van der Waals surface area contributed by atoms with Crippen molar-refractivity contribution in [3.63, 3.8) is 0 Å². The van der Waals surface area contributed by atoms with Gasteiger partial charge in [-0.3, -0.25) is 10.2 Å². The molecular weight excluding hydrogens is 400 g/mol. The number of aryl methyl sites for hydroxylation is 1. The highest BCUT2D eigenvalue weighted by Gasteiger charge is 2.35. The van der Waals surface area contributed by atoms with Crippen LogP contribution in [0, 0.1) is 12.3 Å². The van der Waals surface area contributed by atoms with Crippen LogP contribution in [0.4, 0.5) is 10.5 Å². The van der Waals surface area contributed by atoms with Crippen molar-refractivity contribution in [2.24, 2.45) is 10.6 Å². The van der Waals surface area contributed by atoms with E-state index in [1.165, 1.54) is 0 Å². The van der Waals surface area contributed by atoms with Gasteiger partial charge in [-0.15, -0.1) is 0 Å². The van der Waals surface area contributed by atoms with Crippen molar-refractivity contribution in [2.45, 2.75) is 33.6 Å². The van der Waals surface area contributed by atoms with Gasteiger partial charge in [0.15, 0.2) is 0 Å². The predicted octanol–water partition coefficient (Wildman–Crippen LogP) is 5.76. The maximum Gasteiger partial charge on any atom is 0.437 e. The second-order valence-corrected chi connectivity index (χ2v) is 8.66. The van der Waals surface area contributed by atoms with Gasteiger partial charge in [0.1, 0.15) is 0 Å². The van der Waals surface area contributed by atoms with E-state index in [1.807, 2.05) is 41.9 Å². The molecule has 1 N–H and O–H groups in total. The van der Waals surface area contributed by atoms with Gasteiger partial charge in [-0.05, 0) is 61.6 Å². The zero-order valence-electron chi connectivity index (χ0n) is 17.1. The van der Waals surface area contributed by atoms with Crippen molar-refractivity contribution < 1.29 is 9.63 Å². The molecule has 0 saturated carbocycles. The summed E-state index contributed by atoms with van der Waals surface area (Å²) >= 11 is 5.87. The Bertz CT molecular complexity index is 1100. The Morgan fingerprint density at radius 2 is 1.83 bits per heavy atom. The van der Waals surface area contributed by atoms with Gasteiger partial charge >= 0.3 is 6.09 Å². The highest BCUT2D eigenvalue weighted by molar-refractivity contribution is 6.30. The number of oxime groups is 1. The number of carbonyl (C=O) groups is 1. The van der Waals surface area contributed by atoms with Crippen molar-refractivity contribution in [1.82, 2.24) is 9.78 Å². The number of nitrogens with zero attached hydrogens (tertiary/aromatic N) is 3. The van der Waals surface area contributed by atoms with Crippen molar-refractivity contribution in [1.29, 1.82) is 0 Å². The van der Waals surface area contributed by atoms with Crippen molar-refractivity contribution in [3.05, 3.63) is 76.6 Å². The molecule has 3 aromatic rings. The fourth-order valence-electron chi connectivity index (χ4n) is 3.80. The number of para-hydroxylation sites is 1. The molecule has 4 rings (SSSR count). The molecule has 2 aromatic carbocycles. The number of carbonyl (C=O) groups excluding carboxylic acids is 1. The van der Waals surface area contributed by atoms with Gasteiger partial charge < -0.3 is 0 Å². The fraction of sp³-hybridized carbons (Fsp3) is 0.261. The average molecular weight is 423 g/mol. The van der Waals surface area contributed by atoms with Crippen LogP contribution in [-0.2, 0) is 11.3 Å². The van der Waals surface area contributed by atoms with Gasteiger partial charge in [0.2, 0.25) is 0 Å². The first kappa shape index (κ1) is 20.2. The Morgan fingerprint density at radius 1 is 1.13 bits per heavy atom. The molecule has 1 aromatic heterocycles. The molecule has 1 heterocycles. The van der Waals surface area contributed by atoms with E-state index in [1.54, 1.807) is 24.3 Å². The van der Waals surface area contributed by atoms with Gasteiger partial charge in [-0.25, -0.2) is 9.48 Å². The molecule has 30 heavy (non-hydrogen) atoms. The molecule has 1 amide bonds. The quantitative estimate of drug-likeness (QED) is 0.431. The first-order chi connectivity index (χ1) is 14.3. The monoisotopic (exact) mass is 422 g/mol. The van der Waals surface area contributed by atoms with Crippen LogP contribution < -0.4 is 5.32 Å². The van der Waals surface area contributed by atoms with Crippen molar-refractivity contribution in [3.8, 4) is 5.69 Å². The van der Waals surface area contributed by atoms with Crippen LogP contribution in [-0.4, -0.2) is 21.6 Å². The summed E-state index contributed by atoms with van der Waals surface area (Å²) in [5.74, 6) is 0. The van der Waals surface area contributed by atoms with E-state index < -0.39 is 6.09 Å². The lowest BCUT2D eigenvalue weighted by Gasteiger charge is -2.30. The Hall–Kier alpha value is -3.12. The van der Waals surface area contributed by atoms with E-state index in [0.29, 0.717) is 17.1 Å². The minimum atomic E-state index is -0.650. The third-order valence-corrected chi connectivity index (χ3v) is 5.32. The first-order valence-corrected chi connectivity index (χ1v) is 10.1. The lowest BCUT2D eigenvalue weighted by atomic mass is 9.75. The Morgan fingerprint density at radius 3 is 2.53 bits per heavy atom. The van der Waals surface area contributed by atoms with Gasteiger partial charge in [-0.1, -0.05) is 48.8 Å². The largest absolute Gasteiger partial charge is 0.437 e. The van der Waals surface area contributed by atoms with Crippen molar-refractivity contribution >= 4 is 29.1 Å². The summed E-state index contributed by atoms with van der Waals surface area (Å²) in [5.41, 5.74) is 5.17. The molecule has 0 saturated heterocycles.